The van der Waals surface area contributed by atoms with Crippen LogP contribution in [0.15, 0.2) is 0 Å². The molecule has 0 heterocycles. The summed E-state index contributed by atoms with van der Waals surface area (Å²) in [4.78, 5) is 23.2. The molecule has 0 saturated carbocycles. The van der Waals surface area contributed by atoms with E-state index in [0.29, 0.717) is 13.0 Å². The third-order valence-corrected chi connectivity index (χ3v) is 1.81. The second kappa shape index (κ2) is 5.56. The standard InChI is InChI=1S/C9H17NO3/c1-4-8(11)10(7(2)3)6-5-9(12)13/h7H,4-6H2,1-3H3,(H,12,13). The fraction of sp³-hybridized carbons (Fsp3) is 0.778. The molecule has 4 heteroatoms. The summed E-state index contributed by atoms with van der Waals surface area (Å²) < 4.78 is 0. The van der Waals surface area contributed by atoms with Gasteiger partial charge in [0.05, 0.1) is 6.42 Å². The average Bonchev–Trinajstić information content (AvgIpc) is 2.03. The van der Waals surface area contributed by atoms with Crippen LogP contribution >= 0.6 is 0 Å². The maximum atomic E-state index is 11.3. The summed E-state index contributed by atoms with van der Waals surface area (Å²) >= 11 is 0. The molecule has 1 amide bonds. The number of carbonyl (C=O) groups excluding carboxylic acids is 1. The van der Waals surface area contributed by atoms with Crippen LogP contribution < -0.4 is 0 Å². The predicted octanol–water partition coefficient (Wildman–Crippen LogP) is 1.11. The topological polar surface area (TPSA) is 57.6 Å². The SMILES string of the molecule is CCC(=O)N(CCC(=O)O)C(C)C. The van der Waals surface area contributed by atoms with E-state index in [1.807, 2.05) is 13.8 Å². The van der Waals surface area contributed by atoms with Gasteiger partial charge in [-0.25, -0.2) is 0 Å². The molecular weight excluding hydrogens is 170 g/mol. The Balaban J connectivity index is 4.10. The third kappa shape index (κ3) is 4.50. The minimum atomic E-state index is -0.866. The van der Waals surface area contributed by atoms with E-state index in [9.17, 15) is 9.59 Å². The Morgan fingerprint density at radius 1 is 1.38 bits per heavy atom. The van der Waals surface area contributed by atoms with Crippen LogP contribution in [0.2, 0.25) is 0 Å². The zero-order chi connectivity index (χ0) is 10.4. The normalized spacial score (nSPS) is 10.2. The molecule has 0 aromatic rings. The number of carboxylic acids is 1. The Hall–Kier alpha value is -1.06. The Kier molecular flexibility index (Phi) is 5.11. The molecule has 76 valence electrons. The fourth-order valence-corrected chi connectivity index (χ4v) is 1.09. The number of aliphatic carboxylic acids is 1. The first-order valence-electron chi connectivity index (χ1n) is 4.50. The Morgan fingerprint density at radius 2 is 1.92 bits per heavy atom. The molecule has 1 N–H and O–H groups in total. The van der Waals surface area contributed by atoms with Gasteiger partial charge < -0.3 is 10.0 Å². The first kappa shape index (κ1) is 11.9. The molecule has 0 aliphatic rings. The first-order chi connectivity index (χ1) is 5.99. The minimum absolute atomic E-state index is 0.0104. The quantitative estimate of drug-likeness (QED) is 0.701. The van der Waals surface area contributed by atoms with Gasteiger partial charge in [0.1, 0.15) is 0 Å². The molecule has 0 aliphatic carbocycles. The maximum Gasteiger partial charge on any atom is 0.305 e. The molecule has 0 atom stereocenters. The highest BCUT2D eigenvalue weighted by Crippen LogP contribution is 2.02. The van der Waals surface area contributed by atoms with Gasteiger partial charge in [0.25, 0.3) is 0 Å². The molecule has 4 nitrogen and oxygen atoms in total. The predicted molar refractivity (Wildman–Crippen MR) is 49.4 cm³/mol. The van der Waals surface area contributed by atoms with Gasteiger partial charge in [0.2, 0.25) is 5.91 Å². The van der Waals surface area contributed by atoms with Gasteiger partial charge in [-0.1, -0.05) is 6.92 Å². The van der Waals surface area contributed by atoms with Crippen molar-refractivity contribution in [3.8, 4) is 0 Å². The number of carboxylic acid groups (broad SMARTS) is 1. The minimum Gasteiger partial charge on any atom is -0.481 e. The van der Waals surface area contributed by atoms with Gasteiger partial charge in [-0.05, 0) is 13.8 Å². The van der Waals surface area contributed by atoms with Crippen LogP contribution in [0, 0.1) is 0 Å². The molecule has 0 spiro atoms. The van der Waals surface area contributed by atoms with Crippen LogP contribution in [0.3, 0.4) is 0 Å². The molecule has 0 saturated heterocycles. The highest BCUT2D eigenvalue weighted by Gasteiger charge is 2.15. The molecule has 0 radical (unpaired) electrons. The van der Waals surface area contributed by atoms with Crippen molar-refractivity contribution in [2.45, 2.75) is 39.7 Å². The van der Waals surface area contributed by atoms with Gasteiger partial charge >= 0.3 is 5.97 Å². The van der Waals surface area contributed by atoms with Crippen molar-refractivity contribution < 1.29 is 14.7 Å². The van der Waals surface area contributed by atoms with E-state index in [1.165, 1.54) is 0 Å². The Morgan fingerprint density at radius 3 is 2.23 bits per heavy atom. The van der Waals surface area contributed by atoms with Gasteiger partial charge in [-0.2, -0.15) is 0 Å². The molecular formula is C9H17NO3. The lowest BCUT2D eigenvalue weighted by atomic mass is 10.2. The third-order valence-electron chi connectivity index (χ3n) is 1.81. The fourth-order valence-electron chi connectivity index (χ4n) is 1.09. The second-order valence-corrected chi connectivity index (χ2v) is 3.18. The van der Waals surface area contributed by atoms with E-state index in [4.69, 9.17) is 5.11 Å². The smallest absolute Gasteiger partial charge is 0.305 e. The van der Waals surface area contributed by atoms with Crippen LogP contribution in [0.1, 0.15) is 33.6 Å². The summed E-state index contributed by atoms with van der Waals surface area (Å²) in [5, 5.41) is 8.46. The lowest BCUT2D eigenvalue weighted by Gasteiger charge is -2.25. The summed E-state index contributed by atoms with van der Waals surface area (Å²) in [5.41, 5.74) is 0. The molecule has 0 unspecified atom stereocenters. The number of rotatable bonds is 5. The molecule has 0 aromatic carbocycles. The zero-order valence-electron chi connectivity index (χ0n) is 8.41. The summed E-state index contributed by atoms with van der Waals surface area (Å²) in [6.45, 7) is 5.85. The van der Waals surface area contributed by atoms with E-state index < -0.39 is 5.97 Å². The summed E-state index contributed by atoms with van der Waals surface area (Å²) in [5.74, 6) is -0.856. The monoisotopic (exact) mass is 187 g/mol. The summed E-state index contributed by atoms with van der Waals surface area (Å²) in [6, 6.07) is 0.0757. The van der Waals surface area contributed by atoms with Crippen LogP contribution in [0.4, 0.5) is 0 Å². The summed E-state index contributed by atoms with van der Waals surface area (Å²) in [6.07, 6.45) is 0.446. The number of hydrogen-bond acceptors (Lipinski definition) is 2. The largest absolute Gasteiger partial charge is 0.481 e. The van der Waals surface area contributed by atoms with E-state index in [2.05, 4.69) is 0 Å². The number of nitrogens with zero attached hydrogens (tertiary/aromatic N) is 1. The van der Waals surface area contributed by atoms with Gasteiger partial charge in [-0.15, -0.1) is 0 Å². The zero-order valence-corrected chi connectivity index (χ0v) is 8.41. The molecule has 0 aliphatic heterocycles. The number of carbonyl (C=O) groups is 2. The number of hydrogen-bond donors (Lipinski definition) is 1. The Labute approximate surface area is 78.5 Å². The van der Waals surface area contributed by atoms with Crippen molar-refractivity contribution in [1.82, 2.24) is 4.90 Å². The first-order valence-corrected chi connectivity index (χ1v) is 4.50. The lowest BCUT2D eigenvalue weighted by molar-refractivity contribution is -0.139. The van der Waals surface area contributed by atoms with Crippen molar-refractivity contribution in [1.29, 1.82) is 0 Å². The molecule has 0 rings (SSSR count). The van der Waals surface area contributed by atoms with E-state index in [1.54, 1.807) is 11.8 Å². The van der Waals surface area contributed by atoms with E-state index >= 15 is 0 Å². The molecule has 0 bridgehead atoms. The van der Waals surface area contributed by atoms with Crippen molar-refractivity contribution in [2.75, 3.05) is 6.54 Å². The summed E-state index contributed by atoms with van der Waals surface area (Å²) in [7, 11) is 0. The maximum absolute atomic E-state index is 11.3. The van der Waals surface area contributed by atoms with Gasteiger partial charge in [0.15, 0.2) is 0 Å². The molecule has 0 fully saturated rings. The van der Waals surface area contributed by atoms with Gasteiger partial charge in [-0.3, -0.25) is 9.59 Å². The van der Waals surface area contributed by atoms with Crippen LogP contribution in [-0.4, -0.2) is 34.5 Å². The molecule has 13 heavy (non-hydrogen) atoms. The number of amides is 1. The van der Waals surface area contributed by atoms with E-state index in [0.717, 1.165) is 0 Å². The highest BCUT2D eigenvalue weighted by molar-refractivity contribution is 5.77. The molecule has 0 aromatic heterocycles. The van der Waals surface area contributed by atoms with Crippen LogP contribution in [0.25, 0.3) is 0 Å². The van der Waals surface area contributed by atoms with Crippen LogP contribution in [0.5, 0.6) is 0 Å². The second-order valence-electron chi connectivity index (χ2n) is 3.18. The lowest BCUT2D eigenvalue weighted by Crippen LogP contribution is -2.37. The Bertz CT molecular complexity index is 189. The van der Waals surface area contributed by atoms with Crippen molar-refractivity contribution in [3.63, 3.8) is 0 Å². The van der Waals surface area contributed by atoms with Crippen molar-refractivity contribution in [3.05, 3.63) is 0 Å². The van der Waals surface area contributed by atoms with Crippen molar-refractivity contribution >= 4 is 11.9 Å². The van der Waals surface area contributed by atoms with Gasteiger partial charge in [0, 0.05) is 19.0 Å². The van der Waals surface area contributed by atoms with E-state index in [-0.39, 0.29) is 18.4 Å². The van der Waals surface area contributed by atoms with Crippen LogP contribution in [-0.2, 0) is 9.59 Å². The highest BCUT2D eigenvalue weighted by atomic mass is 16.4. The average molecular weight is 187 g/mol. The van der Waals surface area contributed by atoms with Crippen molar-refractivity contribution in [2.24, 2.45) is 0 Å².